The van der Waals surface area contributed by atoms with Crippen LogP contribution in [0.5, 0.6) is 5.88 Å². The van der Waals surface area contributed by atoms with Gasteiger partial charge in [0.05, 0.1) is 29.3 Å². The maximum absolute atomic E-state index is 5.75. The monoisotopic (exact) mass is 355 g/mol. The molecule has 1 aromatic rings. The van der Waals surface area contributed by atoms with Crippen LogP contribution in [0.15, 0.2) is 40.9 Å². The number of hydrazone groups is 1. The number of rotatable bonds is 6. The Bertz CT molecular complexity index is 780. The predicted octanol–water partition coefficient (Wildman–Crippen LogP) is 3.10. The SMILES string of the molecule is CCNC1=C2N(C(C)C)N=C(C)C2(C)NC(c2cccnc2OCC)=C1. The van der Waals surface area contributed by atoms with Crippen LogP contribution < -0.4 is 15.4 Å². The third kappa shape index (κ3) is 2.93. The number of nitrogens with one attached hydrogen (secondary N) is 2. The van der Waals surface area contributed by atoms with E-state index in [0.717, 1.165) is 34.9 Å². The smallest absolute Gasteiger partial charge is 0.222 e. The fraction of sp³-hybridized carbons (Fsp3) is 0.500. The minimum atomic E-state index is -0.370. The molecule has 3 heterocycles. The number of dihydropyridines is 1. The second-order valence-electron chi connectivity index (χ2n) is 7.01. The summed E-state index contributed by atoms with van der Waals surface area (Å²) in [5.74, 6) is 0.643. The molecule has 2 N–H and O–H groups in total. The Hall–Kier alpha value is -2.50. The molecule has 1 unspecified atom stereocenters. The van der Waals surface area contributed by atoms with Gasteiger partial charge in [0.2, 0.25) is 5.88 Å². The number of pyridine rings is 1. The molecule has 1 atom stereocenters. The first kappa shape index (κ1) is 18.3. The van der Waals surface area contributed by atoms with Gasteiger partial charge in [0.25, 0.3) is 0 Å². The molecule has 0 fully saturated rings. The minimum absolute atomic E-state index is 0.282. The average Bonchev–Trinajstić information content (AvgIpc) is 2.88. The van der Waals surface area contributed by atoms with Gasteiger partial charge in [-0.05, 0) is 59.8 Å². The van der Waals surface area contributed by atoms with E-state index in [-0.39, 0.29) is 11.6 Å². The number of aromatic nitrogens is 1. The van der Waals surface area contributed by atoms with Gasteiger partial charge in [-0.1, -0.05) is 0 Å². The molecule has 0 radical (unpaired) electrons. The molecule has 0 aliphatic carbocycles. The maximum atomic E-state index is 5.75. The van der Waals surface area contributed by atoms with Crippen molar-refractivity contribution in [2.24, 2.45) is 5.10 Å². The highest BCUT2D eigenvalue weighted by Crippen LogP contribution is 2.39. The fourth-order valence-corrected chi connectivity index (χ4v) is 3.46. The lowest BCUT2D eigenvalue weighted by Gasteiger charge is -2.38. The molecule has 0 aromatic carbocycles. The summed E-state index contributed by atoms with van der Waals surface area (Å²) in [6, 6.07) is 4.26. The highest BCUT2D eigenvalue weighted by atomic mass is 16.5. The summed E-state index contributed by atoms with van der Waals surface area (Å²) < 4.78 is 5.75. The van der Waals surface area contributed by atoms with Crippen molar-refractivity contribution in [1.29, 1.82) is 0 Å². The molecule has 0 saturated carbocycles. The van der Waals surface area contributed by atoms with Gasteiger partial charge in [0.1, 0.15) is 5.54 Å². The van der Waals surface area contributed by atoms with Gasteiger partial charge < -0.3 is 15.4 Å². The topological polar surface area (TPSA) is 61.8 Å². The summed E-state index contributed by atoms with van der Waals surface area (Å²) in [4.78, 5) is 4.40. The van der Waals surface area contributed by atoms with Gasteiger partial charge in [-0.2, -0.15) is 5.10 Å². The number of allylic oxidation sites excluding steroid dienone is 1. The number of nitrogens with zero attached hydrogens (tertiary/aromatic N) is 3. The largest absolute Gasteiger partial charge is 0.477 e. The van der Waals surface area contributed by atoms with Gasteiger partial charge in [0, 0.05) is 24.5 Å². The zero-order chi connectivity index (χ0) is 18.9. The highest BCUT2D eigenvalue weighted by molar-refractivity contribution is 5.99. The second kappa shape index (κ2) is 7.02. The second-order valence-corrected chi connectivity index (χ2v) is 7.01. The first-order valence-electron chi connectivity index (χ1n) is 9.34. The molecule has 2 aliphatic heterocycles. The molecular weight excluding hydrogens is 326 g/mol. The van der Waals surface area contributed by atoms with Crippen molar-refractivity contribution in [3.05, 3.63) is 41.4 Å². The highest BCUT2D eigenvalue weighted by Gasteiger charge is 2.46. The van der Waals surface area contributed by atoms with Crippen molar-refractivity contribution in [2.45, 2.75) is 53.1 Å². The van der Waals surface area contributed by atoms with Crippen LogP contribution in [0, 0.1) is 0 Å². The van der Waals surface area contributed by atoms with Crippen molar-refractivity contribution >= 4 is 11.4 Å². The van der Waals surface area contributed by atoms with Crippen LogP contribution in [0.25, 0.3) is 5.70 Å². The summed E-state index contributed by atoms with van der Waals surface area (Å²) >= 11 is 0. The molecule has 0 saturated heterocycles. The summed E-state index contributed by atoms with van der Waals surface area (Å²) in [7, 11) is 0. The lowest BCUT2D eigenvalue weighted by Crippen LogP contribution is -2.52. The normalized spacial score (nSPS) is 22.0. The van der Waals surface area contributed by atoms with Gasteiger partial charge >= 0.3 is 0 Å². The molecule has 2 aliphatic rings. The van der Waals surface area contributed by atoms with Crippen LogP contribution >= 0.6 is 0 Å². The predicted molar refractivity (Wildman–Crippen MR) is 106 cm³/mol. The Labute approximate surface area is 156 Å². The lowest BCUT2D eigenvalue weighted by atomic mass is 9.87. The van der Waals surface area contributed by atoms with Gasteiger partial charge in [-0.25, -0.2) is 4.98 Å². The molecule has 3 rings (SSSR count). The van der Waals surface area contributed by atoms with E-state index in [9.17, 15) is 0 Å². The lowest BCUT2D eigenvalue weighted by molar-refractivity contribution is 0.284. The van der Waals surface area contributed by atoms with Crippen LogP contribution in [0.1, 0.15) is 47.1 Å². The molecular formula is C20H29N5O. The number of fused-ring (bicyclic) bond motifs is 1. The Kier molecular flexibility index (Phi) is 4.94. The Balaban J connectivity index is 2.15. The Morgan fingerprint density at radius 3 is 2.77 bits per heavy atom. The zero-order valence-corrected chi connectivity index (χ0v) is 16.6. The molecule has 6 heteroatoms. The third-order valence-electron chi connectivity index (χ3n) is 4.81. The summed E-state index contributed by atoms with van der Waals surface area (Å²) in [6.45, 7) is 14.1. The molecule has 26 heavy (non-hydrogen) atoms. The van der Waals surface area contributed by atoms with Crippen molar-refractivity contribution in [1.82, 2.24) is 20.6 Å². The van der Waals surface area contributed by atoms with E-state index in [1.807, 2.05) is 19.1 Å². The standard InChI is InChI=1S/C20H29N5O/c1-7-21-17-12-16(15-10-9-11-22-19(15)26-8-2)23-20(6)14(5)24-25(13(3)4)18(17)20/h9-13,21,23H,7-8H2,1-6H3. The summed E-state index contributed by atoms with van der Waals surface area (Å²) in [6.07, 6.45) is 3.90. The third-order valence-corrected chi connectivity index (χ3v) is 4.81. The van der Waals surface area contributed by atoms with E-state index in [0.29, 0.717) is 12.5 Å². The van der Waals surface area contributed by atoms with Crippen LogP contribution in [0.3, 0.4) is 0 Å². The minimum Gasteiger partial charge on any atom is -0.477 e. The Morgan fingerprint density at radius 1 is 1.35 bits per heavy atom. The van der Waals surface area contributed by atoms with Crippen LogP contribution in [0.2, 0.25) is 0 Å². The average molecular weight is 355 g/mol. The van der Waals surface area contributed by atoms with Gasteiger partial charge in [-0.3, -0.25) is 5.01 Å². The van der Waals surface area contributed by atoms with E-state index >= 15 is 0 Å². The van der Waals surface area contributed by atoms with E-state index < -0.39 is 0 Å². The van der Waals surface area contributed by atoms with E-state index in [4.69, 9.17) is 9.84 Å². The van der Waals surface area contributed by atoms with Crippen molar-refractivity contribution in [2.75, 3.05) is 13.2 Å². The van der Waals surface area contributed by atoms with Crippen molar-refractivity contribution in [3.8, 4) is 5.88 Å². The number of likely N-dealkylation sites (N-methyl/N-ethyl adjacent to an activating group) is 1. The first-order chi connectivity index (χ1) is 12.4. The molecule has 1 aromatic heterocycles. The molecule has 0 spiro atoms. The van der Waals surface area contributed by atoms with Gasteiger partial charge in [-0.15, -0.1) is 0 Å². The summed E-state index contributed by atoms with van der Waals surface area (Å²) in [5, 5.41) is 14.2. The molecule has 140 valence electrons. The van der Waals surface area contributed by atoms with E-state index in [1.165, 1.54) is 0 Å². The molecule has 0 amide bonds. The Morgan fingerprint density at radius 2 is 2.12 bits per heavy atom. The van der Waals surface area contributed by atoms with Crippen LogP contribution in [-0.2, 0) is 0 Å². The van der Waals surface area contributed by atoms with Crippen molar-refractivity contribution in [3.63, 3.8) is 0 Å². The molecule has 6 nitrogen and oxygen atoms in total. The quantitative estimate of drug-likeness (QED) is 0.821. The summed E-state index contributed by atoms with van der Waals surface area (Å²) in [5.41, 5.74) is 4.88. The fourth-order valence-electron chi connectivity index (χ4n) is 3.46. The number of ether oxygens (including phenoxy) is 1. The number of hydrogen-bond acceptors (Lipinski definition) is 6. The number of hydrogen-bond donors (Lipinski definition) is 2. The van der Waals surface area contributed by atoms with Crippen LogP contribution in [-0.4, -0.2) is 40.4 Å². The first-order valence-corrected chi connectivity index (χ1v) is 9.34. The molecule has 0 bridgehead atoms. The van der Waals surface area contributed by atoms with E-state index in [1.54, 1.807) is 6.20 Å². The van der Waals surface area contributed by atoms with E-state index in [2.05, 4.69) is 61.3 Å². The van der Waals surface area contributed by atoms with Gasteiger partial charge in [0.15, 0.2) is 0 Å². The maximum Gasteiger partial charge on any atom is 0.222 e. The zero-order valence-electron chi connectivity index (χ0n) is 16.6. The van der Waals surface area contributed by atoms with Crippen molar-refractivity contribution < 1.29 is 4.74 Å². The van der Waals surface area contributed by atoms with Crippen LogP contribution in [0.4, 0.5) is 0 Å².